The predicted molar refractivity (Wildman–Crippen MR) is 46.4 cm³/mol. The molecule has 0 spiro atoms. The van der Waals surface area contributed by atoms with Crippen molar-refractivity contribution in [2.75, 3.05) is 0 Å². The van der Waals surface area contributed by atoms with Gasteiger partial charge in [-0.2, -0.15) is 13.2 Å². The zero-order chi connectivity index (χ0) is 11.8. The lowest BCUT2D eigenvalue weighted by Gasteiger charge is -2.11. The van der Waals surface area contributed by atoms with Crippen LogP contribution >= 0.6 is 23.2 Å². The standard InChI is InChI=1S/C8H3Cl2F5/c9-4-1-3(8(13,14)15)2-5(10)6(4)7(11)12/h1-2,7H. The Bertz CT molecular complexity index is 349. The van der Waals surface area contributed by atoms with Crippen molar-refractivity contribution in [2.45, 2.75) is 12.6 Å². The summed E-state index contributed by atoms with van der Waals surface area (Å²) in [6, 6.07) is 0.851. The topological polar surface area (TPSA) is 0 Å². The van der Waals surface area contributed by atoms with Gasteiger partial charge in [-0.25, -0.2) is 8.78 Å². The van der Waals surface area contributed by atoms with Crippen molar-refractivity contribution in [3.8, 4) is 0 Å². The Labute approximate surface area is 91.6 Å². The van der Waals surface area contributed by atoms with Gasteiger partial charge in [0.2, 0.25) is 0 Å². The van der Waals surface area contributed by atoms with Gasteiger partial charge in [0.1, 0.15) is 0 Å². The van der Waals surface area contributed by atoms with Crippen molar-refractivity contribution in [2.24, 2.45) is 0 Å². The third-order valence-electron chi connectivity index (χ3n) is 1.62. The van der Waals surface area contributed by atoms with Gasteiger partial charge < -0.3 is 0 Å². The summed E-state index contributed by atoms with van der Waals surface area (Å²) in [6.45, 7) is 0. The largest absolute Gasteiger partial charge is 0.416 e. The van der Waals surface area contributed by atoms with Crippen LogP contribution in [0.3, 0.4) is 0 Å². The molecule has 0 fully saturated rings. The molecule has 0 aliphatic carbocycles. The minimum atomic E-state index is -4.66. The maximum Gasteiger partial charge on any atom is 0.416 e. The van der Waals surface area contributed by atoms with E-state index >= 15 is 0 Å². The van der Waals surface area contributed by atoms with Crippen LogP contribution in [0.4, 0.5) is 22.0 Å². The van der Waals surface area contributed by atoms with E-state index in [1.54, 1.807) is 0 Å². The van der Waals surface area contributed by atoms with Gasteiger partial charge in [-0.05, 0) is 12.1 Å². The summed E-state index contributed by atoms with van der Waals surface area (Å²) in [5.41, 5.74) is -1.94. The average Bonchev–Trinajstić information content (AvgIpc) is 1.99. The fourth-order valence-corrected chi connectivity index (χ4v) is 1.61. The Morgan fingerprint density at radius 2 is 1.40 bits per heavy atom. The lowest BCUT2D eigenvalue weighted by molar-refractivity contribution is -0.137. The Morgan fingerprint density at radius 3 is 1.67 bits per heavy atom. The van der Waals surface area contributed by atoms with E-state index in [9.17, 15) is 22.0 Å². The van der Waals surface area contributed by atoms with E-state index in [-0.39, 0.29) is 0 Å². The lowest BCUT2D eigenvalue weighted by Crippen LogP contribution is -2.05. The lowest BCUT2D eigenvalue weighted by atomic mass is 10.1. The molecule has 0 saturated carbocycles. The third-order valence-corrected chi connectivity index (χ3v) is 2.25. The van der Waals surface area contributed by atoms with E-state index in [1.165, 1.54) is 0 Å². The summed E-state index contributed by atoms with van der Waals surface area (Å²) in [6.07, 6.45) is -7.67. The van der Waals surface area contributed by atoms with E-state index in [1.807, 2.05) is 0 Å². The first-order valence-corrected chi connectivity index (χ1v) is 4.33. The molecular formula is C8H3Cl2F5. The Balaban J connectivity index is 3.32. The summed E-state index contributed by atoms with van der Waals surface area (Å²) in [5.74, 6) is 0. The highest BCUT2D eigenvalue weighted by atomic mass is 35.5. The first-order valence-electron chi connectivity index (χ1n) is 3.57. The molecule has 15 heavy (non-hydrogen) atoms. The number of hydrogen-bond donors (Lipinski definition) is 0. The van der Waals surface area contributed by atoms with Crippen molar-refractivity contribution in [3.05, 3.63) is 33.3 Å². The van der Waals surface area contributed by atoms with Crippen LogP contribution in [-0.4, -0.2) is 0 Å². The van der Waals surface area contributed by atoms with Crippen LogP contribution in [0.1, 0.15) is 17.6 Å². The highest BCUT2D eigenvalue weighted by molar-refractivity contribution is 6.36. The molecule has 84 valence electrons. The molecule has 0 unspecified atom stereocenters. The molecule has 0 nitrogen and oxygen atoms in total. The van der Waals surface area contributed by atoms with Crippen LogP contribution in [0.25, 0.3) is 0 Å². The number of hydrogen-bond acceptors (Lipinski definition) is 0. The van der Waals surface area contributed by atoms with E-state index in [0.717, 1.165) is 0 Å². The molecule has 0 heterocycles. The molecule has 0 aromatic heterocycles. The molecule has 0 saturated heterocycles. The van der Waals surface area contributed by atoms with Crippen LogP contribution in [0.5, 0.6) is 0 Å². The van der Waals surface area contributed by atoms with Crippen molar-refractivity contribution in [1.82, 2.24) is 0 Å². The van der Waals surface area contributed by atoms with Crippen molar-refractivity contribution in [1.29, 1.82) is 0 Å². The van der Waals surface area contributed by atoms with E-state index < -0.39 is 33.8 Å². The highest BCUT2D eigenvalue weighted by Crippen LogP contribution is 2.39. The molecule has 0 N–H and O–H groups in total. The molecule has 1 aromatic carbocycles. The fraction of sp³-hybridized carbons (Fsp3) is 0.250. The van der Waals surface area contributed by atoms with Crippen LogP contribution in [-0.2, 0) is 6.18 Å². The normalized spacial score (nSPS) is 12.3. The molecule has 0 atom stereocenters. The van der Waals surface area contributed by atoms with Gasteiger partial charge in [0.05, 0.1) is 21.2 Å². The minimum absolute atomic E-state index is 0.426. The minimum Gasteiger partial charge on any atom is -0.205 e. The molecule has 1 aromatic rings. The van der Waals surface area contributed by atoms with Crippen LogP contribution in [0.2, 0.25) is 10.0 Å². The van der Waals surface area contributed by atoms with Crippen molar-refractivity contribution >= 4 is 23.2 Å². The van der Waals surface area contributed by atoms with Gasteiger partial charge in [0, 0.05) is 0 Å². The van der Waals surface area contributed by atoms with Crippen LogP contribution in [0.15, 0.2) is 12.1 Å². The van der Waals surface area contributed by atoms with E-state index in [2.05, 4.69) is 0 Å². The monoisotopic (exact) mass is 264 g/mol. The van der Waals surface area contributed by atoms with Gasteiger partial charge in [-0.3, -0.25) is 0 Å². The van der Waals surface area contributed by atoms with Gasteiger partial charge in [0.25, 0.3) is 6.43 Å². The third kappa shape index (κ3) is 2.72. The molecule has 0 radical (unpaired) electrons. The summed E-state index contributed by atoms with van der Waals surface area (Å²) in [7, 11) is 0. The summed E-state index contributed by atoms with van der Waals surface area (Å²) >= 11 is 10.5. The van der Waals surface area contributed by atoms with Crippen LogP contribution in [0, 0.1) is 0 Å². The average molecular weight is 265 g/mol. The summed E-state index contributed by atoms with van der Waals surface area (Å²) in [4.78, 5) is 0. The first kappa shape index (κ1) is 12.5. The van der Waals surface area contributed by atoms with E-state index in [0.29, 0.717) is 12.1 Å². The van der Waals surface area contributed by atoms with Gasteiger partial charge in [-0.1, -0.05) is 23.2 Å². The first-order chi connectivity index (χ1) is 6.73. The second-order valence-electron chi connectivity index (χ2n) is 2.65. The fourth-order valence-electron chi connectivity index (χ4n) is 0.956. The molecular weight excluding hydrogens is 262 g/mol. The molecule has 0 aliphatic heterocycles. The second kappa shape index (κ2) is 4.14. The van der Waals surface area contributed by atoms with Crippen molar-refractivity contribution in [3.63, 3.8) is 0 Å². The maximum absolute atomic E-state index is 12.3. The smallest absolute Gasteiger partial charge is 0.205 e. The van der Waals surface area contributed by atoms with Gasteiger partial charge in [0.15, 0.2) is 0 Å². The Hall–Kier alpha value is -0.550. The maximum atomic E-state index is 12.3. The predicted octanol–water partition coefficient (Wildman–Crippen LogP) is 4.95. The zero-order valence-corrected chi connectivity index (χ0v) is 8.39. The molecule has 0 aliphatic rings. The quantitative estimate of drug-likeness (QED) is 0.630. The molecule has 0 amide bonds. The second-order valence-corrected chi connectivity index (χ2v) is 3.47. The van der Waals surface area contributed by atoms with Gasteiger partial charge >= 0.3 is 6.18 Å². The SMILES string of the molecule is FC(F)c1c(Cl)cc(C(F)(F)F)cc1Cl. The van der Waals surface area contributed by atoms with Gasteiger partial charge in [-0.15, -0.1) is 0 Å². The molecule has 7 heteroatoms. The summed E-state index contributed by atoms with van der Waals surface area (Å²) < 4.78 is 61.1. The number of halogens is 7. The Kier molecular flexibility index (Phi) is 3.45. The molecule has 0 bridgehead atoms. The Morgan fingerprint density at radius 1 is 1.00 bits per heavy atom. The van der Waals surface area contributed by atoms with Crippen LogP contribution < -0.4 is 0 Å². The zero-order valence-electron chi connectivity index (χ0n) is 6.88. The molecule has 1 rings (SSSR count). The summed E-state index contributed by atoms with van der Waals surface area (Å²) in [5, 5.41) is -1.38. The number of alkyl halides is 5. The number of rotatable bonds is 1. The number of benzene rings is 1. The van der Waals surface area contributed by atoms with Crippen molar-refractivity contribution < 1.29 is 22.0 Å². The van der Waals surface area contributed by atoms with E-state index in [4.69, 9.17) is 23.2 Å². The highest BCUT2D eigenvalue weighted by Gasteiger charge is 2.32.